The number of carboxylic acid groups (broad SMARTS) is 1. The highest BCUT2D eigenvalue weighted by Crippen LogP contribution is 2.24. The first-order valence-electron chi connectivity index (χ1n) is 8.16. The van der Waals surface area contributed by atoms with Crippen molar-refractivity contribution in [3.63, 3.8) is 0 Å². The number of aliphatic carboxylic acids is 1. The number of aromatic nitrogens is 1. The number of halogens is 2. The second-order valence-electron chi connectivity index (χ2n) is 6.30. The van der Waals surface area contributed by atoms with Crippen LogP contribution in [-0.2, 0) is 16.0 Å². The first-order chi connectivity index (χ1) is 12.3. The van der Waals surface area contributed by atoms with Crippen LogP contribution in [0.1, 0.15) is 26.2 Å². The molecule has 1 heterocycles. The Balaban J connectivity index is 2.02. The molecule has 0 fully saturated rings. The summed E-state index contributed by atoms with van der Waals surface area (Å²) in [7, 11) is 0. The minimum absolute atomic E-state index is 0.0197. The van der Waals surface area contributed by atoms with Gasteiger partial charge in [-0.15, -0.1) is 0 Å². The number of hydrogen-bond donors (Lipinski definition) is 1. The second kappa shape index (κ2) is 8.55. The van der Waals surface area contributed by atoms with Crippen molar-refractivity contribution in [2.45, 2.75) is 26.7 Å². The number of carboxylic acids is 1. The molecule has 1 aromatic heterocycles. The molecule has 0 unspecified atom stereocenters. The van der Waals surface area contributed by atoms with E-state index in [1.54, 1.807) is 0 Å². The summed E-state index contributed by atoms with van der Waals surface area (Å²) in [5.41, 5.74) is 0.0730. The van der Waals surface area contributed by atoms with Crippen LogP contribution in [0.3, 0.4) is 0 Å². The molecule has 140 valence electrons. The van der Waals surface area contributed by atoms with Gasteiger partial charge in [0.25, 0.3) is 0 Å². The van der Waals surface area contributed by atoms with Gasteiger partial charge in [0.2, 0.25) is 5.91 Å². The van der Waals surface area contributed by atoms with Gasteiger partial charge in [-0.3, -0.25) is 9.59 Å². The number of carbonyl (C=O) groups excluding carboxylic acids is 1. The maximum atomic E-state index is 13.8. The second-order valence-corrected chi connectivity index (χ2v) is 6.30. The van der Waals surface area contributed by atoms with Gasteiger partial charge >= 0.3 is 5.97 Å². The minimum atomic E-state index is -1.08. The Hall–Kier alpha value is -2.77. The van der Waals surface area contributed by atoms with Crippen molar-refractivity contribution in [1.82, 2.24) is 9.88 Å². The lowest BCUT2D eigenvalue weighted by Gasteiger charge is -2.22. The lowest BCUT2D eigenvalue weighted by Crippen LogP contribution is -2.38. The molecule has 26 heavy (non-hydrogen) atoms. The SMILES string of the molecule is CC(C)CN(CC(=O)O)C(=O)CCc1ncc(-c2ccc(F)cc2F)o1. The monoisotopic (exact) mass is 366 g/mol. The Kier molecular flexibility index (Phi) is 6.43. The molecular formula is C18H20F2N2O4. The summed E-state index contributed by atoms with van der Waals surface area (Å²) in [6, 6.07) is 3.11. The fourth-order valence-electron chi connectivity index (χ4n) is 2.47. The number of amides is 1. The number of aryl methyl sites for hydroxylation is 1. The zero-order valence-corrected chi connectivity index (χ0v) is 14.5. The Bertz CT molecular complexity index is 789. The van der Waals surface area contributed by atoms with Gasteiger partial charge < -0.3 is 14.4 Å². The van der Waals surface area contributed by atoms with Crippen LogP contribution >= 0.6 is 0 Å². The molecule has 0 saturated heterocycles. The Morgan fingerprint density at radius 2 is 2.04 bits per heavy atom. The number of oxazole rings is 1. The Morgan fingerprint density at radius 3 is 2.65 bits per heavy atom. The van der Waals surface area contributed by atoms with E-state index < -0.39 is 17.6 Å². The van der Waals surface area contributed by atoms with Crippen molar-refractivity contribution >= 4 is 11.9 Å². The van der Waals surface area contributed by atoms with Crippen LogP contribution in [0.25, 0.3) is 11.3 Å². The molecule has 6 nitrogen and oxygen atoms in total. The van der Waals surface area contributed by atoms with Crippen molar-refractivity contribution < 1.29 is 27.9 Å². The molecule has 2 aromatic rings. The first kappa shape index (κ1) is 19.6. The van der Waals surface area contributed by atoms with E-state index in [0.29, 0.717) is 6.54 Å². The molecule has 0 atom stereocenters. The smallest absolute Gasteiger partial charge is 0.323 e. The van der Waals surface area contributed by atoms with Crippen LogP contribution in [-0.4, -0.2) is 40.0 Å². The van der Waals surface area contributed by atoms with Crippen molar-refractivity contribution in [1.29, 1.82) is 0 Å². The lowest BCUT2D eigenvalue weighted by molar-refractivity contribution is -0.144. The predicted octanol–water partition coefficient (Wildman–Crippen LogP) is 3.12. The molecular weight excluding hydrogens is 346 g/mol. The fourth-order valence-corrected chi connectivity index (χ4v) is 2.47. The fraction of sp³-hybridized carbons (Fsp3) is 0.389. The van der Waals surface area contributed by atoms with Gasteiger partial charge in [-0.05, 0) is 18.1 Å². The van der Waals surface area contributed by atoms with Crippen molar-refractivity contribution in [2.24, 2.45) is 5.92 Å². The number of nitrogens with zero attached hydrogens (tertiary/aromatic N) is 2. The molecule has 1 aromatic carbocycles. The van der Waals surface area contributed by atoms with Gasteiger partial charge in [-0.25, -0.2) is 13.8 Å². The van der Waals surface area contributed by atoms with Crippen LogP contribution in [0.2, 0.25) is 0 Å². The van der Waals surface area contributed by atoms with Gasteiger partial charge in [0.15, 0.2) is 11.7 Å². The topological polar surface area (TPSA) is 83.6 Å². The first-order valence-corrected chi connectivity index (χ1v) is 8.16. The lowest BCUT2D eigenvalue weighted by atomic mass is 10.2. The van der Waals surface area contributed by atoms with Crippen LogP contribution < -0.4 is 0 Å². The average Bonchev–Trinajstić information content (AvgIpc) is 2.99. The van der Waals surface area contributed by atoms with E-state index >= 15 is 0 Å². The van der Waals surface area contributed by atoms with Gasteiger partial charge in [-0.2, -0.15) is 0 Å². The third-order valence-corrected chi connectivity index (χ3v) is 3.57. The summed E-state index contributed by atoms with van der Waals surface area (Å²) >= 11 is 0. The quantitative estimate of drug-likeness (QED) is 0.776. The zero-order valence-electron chi connectivity index (χ0n) is 14.5. The van der Waals surface area contributed by atoms with Crippen molar-refractivity contribution in [3.8, 4) is 11.3 Å². The molecule has 0 bridgehead atoms. The largest absolute Gasteiger partial charge is 0.480 e. The molecule has 2 rings (SSSR count). The van der Waals surface area contributed by atoms with Crippen LogP contribution in [0, 0.1) is 17.6 Å². The maximum absolute atomic E-state index is 13.8. The summed E-state index contributed by atoms with van der Waals surface area (Å²) in [6.07, 6.45) is 1.47. The standard InChI is InChI=1S/C18H20F2N2O4/c1-11(2)9-22(10-18(24)25)17(23)6-5-16-21-8-15(26-16)13-4-3-12(19)7-14(13)20/h3-4,7-8,11H,5-6,9-10H2,1-2H3,(H,24,25). The average molecular weight is 366 g/mol. The van der Waals surface area contributed by atoms with E-state index in [2.05, 4.69) is 4.98 Å². The van der Waals surface area contributed by atoms with Gasteiger partial charge in [0.1, 0.15) is 18.2 Å². The molecule has 0 aliphatic rings. The molecule has 8 heteroatoms. The minimum Gasteiger partial charge on any atom is -0.480 e. The van der Waals surface area contributed by atoms with Gasteiger partial charge in [-0.1, -0.05) is 13.8 Å². The summed E-state index contributed by atoms with van der Waals surface area (Å²) in [5, 5.41) is 8.92. The van der Waals surface area contributed by atoms with E-state index in [4.69, 9.17) is 9.52 Å². The summed E-state index contributed by atoms with van der Waals surface area (Å²) in [4.78, 5) is 28.4. The Labute approximate surface area is 149 Å². The number of benzene rings is 1. The summed E-state index contributed by atoms with van der Waals surface area (Å²) in [6.45, 7) is 3.75. The Morgan fingerprint density at radius 1 is 1.31 bits per heavy atom. The number of carbonyl (C=O) groups is 2. The normalized spacial score (nSPS) is 11.0. The van der Waals surface area contributed by atoms with E-state index in [1.165, 1.54) is 17.2 Å². The zero-order chi connectivity index (χ0) is 19.3. The highest BCUT2D eigenvalue weighted by molar-refractivity contribution is 5.81. The maximum Gasteiger partial charge on any atom is 0.323 e. The molecule has 0 spiro atoms. The van der Waals surface area contributed by atoms with Crippen LogP contribution in [0.5, 0.6) is 0 Å². The molecule has 1 amide bonds. The molecule has 0 radical (unpaired) electrons. The van der Waals surface area contributed by atoms with Crippen molar-refractivity contribution in [2.75, 3.05) is 13.1 Å². The van der Waals surface area contributed by atoms with E-state index in [-0.39, 0.29) is 48.4 Å². The summed E-state index contributed by atoms with van der Waals surface area (Å²) in [5.74, 6) is -2.38. The molecule has 0 aliphatic heterocycles. The predicted molar refractivity (Wildman–Crippen MR) is 89.2 cm³/mol. The molecule has 0 saturated carbocycles. The third kappa shape index (κ3) is 5.37. The molecule has 0 aliphatic carbocycles. The van der Waals surface area contributed by atoms with E-state index in [1.807, 2.05) is 13.8 Å². The highest BCUT2D eigenvalue weighted by Gasteiger charge is 2.19. The van der Waals surface area contributed by atoms with Crippen molar-refractivity contribution in [3.05, 3.63) is 41.9 Å². The van der Waals surface area contributed by atoms with Crippen LogP contribution in [0.15, 0.2) is 28.8 Å². The van der Waals surface area contributed by atoms with Gasteiger partial charge in [0, 0.05) is 25.5 Å². The number of hydrogen-bond acceptors (Lipinski definition) is 4. The molecule has 1 N–H and O–H groups in total. The van der Waals surface area contributed by atoms with Crippen LogP contribution in [0.4, 0.5) is 8.78 Å². The number of rotatable bonds is 8. The highest BCUT2D eigenvalue weighted by atomic mass is 19.1. The van der Waals surface area contributed by atoms with E-state index in [0.717, 1.165) is 12.1 Å². The summed E-state index contributed by atoms with van der Waals surface area (Å²) < 4.78 is 32.2. The van der Waals surface area contributed by atoms with Gasteiger partial charge in [0.05, 0.1) is 11.8 Å². The third-order valence-electron chi connectivity index (χ3n) is 3.57. The van der Waals surface area contributed by atoms with E-state index in [9.17, 15) is 18.4 Å².